The zero-order valence-corrected chi connectivity index (χ0v) is 12.8. The van der Waals surface area contributed by atoms with Crippen molar-refractivity contribution < 1.29 is 4.74 Å². The number of rotatable bonds is 4. The van der Waals surface area contributed by atoms with Crippen LogP contribution in [-0.2, 0) is 0 Å². The maximum atomic E-state index is 5.84. The van der Waals surface area contributed by atoms with E-state index in [0.29, 0.717) is 0 Å². The van der Waals surface area contributed by atoms with Crippen LogP contribution in [0.1, 0.15) is 0 Å². The molecule has 0 aliphatic carbocycles. The molecule has 0 N–H and O–H groups in total. The van der Waals surface area contributed by atoms with Crippen LogP contribution in [-0.4, -0.2) is 19.7 Å². The second-order valence-electron chi connectivity index (χ2n) is 5.14. The van der Waals surface area contributed by atoms with Gasteiger partial charge in [0.05, 0.1) is 11.4 Å². The molecule has 4 rings (SSSR count). The first kappa shape index (κ1) is 14.1. The summed E-state index contributed by atoms with van der Waals surface area (Å²) in [7, 11) is 0. The molecule has 0 radical (unpaired) electrons. The molecule has 0 saturated carbocycles. The molecular formula is C19H14N4O. The van der Waals surface area contributed by atoms with Gasteiger partial charge in [-0.2, -0.15) is 5.10 Å². The average Bonchev–Trinajstić information content (AvgIpc) is 3.14. The van der Waals surface area contributed by atoms with Crippen LogP contribution in [0.15, 0.2) is 85.5 Å². The lowest BCUT2D eigenvalue weighted by Gasteiger charge is -2.07. The van der Waals surface area contributed by atoms with Crippen molar-refractivity contribution in [3.63, 3.8) is 0 Å². The van der Waals surface area contributed by atoms with Crippen LogP contribution in [0.4, 0.5) is 0 Å². The first-order valence-corrected chi connectivity index (χ1v) is 7.54. The largest absolute Gasteiger partial charge is 0.457 e. The number of benzene rings is 1. The Labute approximate surface area is 139 Å². The van der Waals surface area contributed by atoms with E-state index < -0.39 is 0 Å². The van der Waals surface area contributed by atoms with Crippen molar-refractivity contribution in [2.24, 2.45) is 0 Å². The maximum Gasteiger partial charge on any atom is 0.130 e. The molecule has 0 aliphatic rings. The van der Waals surface area contributed by atoms with Gasteiger partial charge in [0, 0.05) is 30.9 Å². The third kappa shape index (κ3) is 3.01. The lowest BCUT2D eigenvalue weighted by atomic mass is 10.3. The molecule has 3 heterocycles. The summed E-state index contributed by atoms with van der Waals surface area (Å²) in [6.07, 6.45) is 7.07. The smallest absolute Gasteiger partial charge is 0.130 e. The molecule has 3 aromatic heterocycles. The third-order valence-corrected chi connectivity index (χ3v) is 3.48. The highest BCUT2D eigenvalue weighted by molar-refractivity contribution is 5.53. The quantitative estimate of drug-likeness (QED) is 0.568. The van der Waals surface area contributed by atoms with Crippen molar-refractivity contribution >= 4 is 0 Å². The fraction of sp³-hybridized carbons (Fsp3) is 0. The summed E-state index contributed by atoms with van der Waals surface area (Å²) in [5, 5.41) is 4.59. The predicted molar refractivity (Wildman–Crippen MR) is 91.1 cm³/mol. The monoisotopic (exact) mass is 314 g/mol. The van der Waals surface area contributed by atoms with Crippen molar-refractivity contribution in [3.05, 3.63) is 85.5 Å². The molecule has 116 valence electrons. The minimum absolute atomic E-state index is 0.744. The van der Waals surface area contributed by atoms with Crippen LogP contribution in [0.2, 0.25) is 0 Å². The Hall–Kier alpha value is -3.47. The molecule has 5 nitrogen and oxygen atoms in total. The molecule has 24 heavy (non-hydrogen) atoms. The molecule has 0 amide bonds. The Kier molecular flexibility index (Phi) is 3.73. The summed E-state index contributed by atoms with van der Waals surface area (Å²) in [6.45, 7) is 0. The van der Waals surface area contributed by atoms with E-state index in [4.69, 9.17) is 4.74 Å². The summed E-state index contributed by atoms with van der Waals surface area (Å²) in [5.74, 6) is 1.49. The first-order valence-electron chi connectivity index (χ1n) is 7.54. The Morgan fingerprint density at radius 3 is 2.50 bits per heavy atom. The summed E-state index contributed by atoms with van der Waals surface area (Å²) in [5.41, 5.74) is 2.60. The van der Waals surface area contributed by atoms with Gasteiger partial charge in [-0.25, -0.2) is 4.68 Å². The zero-order valence-electron chi connectivity index (χ0n) is 12.8. The van der Waals surface area contributed by atoms with Crippen LogP contribution in [0.3, 0.4) is 0 Å². The van der Waals surface area contributed by atoms with Gasteiger partial charge in [0.15, 0.2) is 0 Å². The fourth-order valence-corrected chi connectivity index (χ4v) is 2.35. The van der Waals surface area contributed by atoms with Crippen molar-refractivity contribution in [2.45, 2.75) is 0 Å². The van der Waals surface area contributed by atoms with E-state index in [1.807, 2.05) is 71.5 Å². The number of aromatic nitrogens is 4. The summed E-state index contributed by atoms with van der Waals surface area (Å²) in [4.78, 5) is 8.31. The van der Waals surface area contributed by atoms with Gasteiger partial charge in [-0.1, -0.05) is 12.1 Å². The normalized spacial score (nSPS) is 10.5. The molecule has 0 aliphatic heterocycles. The molecule has 5 heteroatoms. The third-order valence-electron chi connectivity index (χ3n) is 3.48. The fourth-order valence-electron chi connectivity index (χ4n) is 2.35. The lowest BCUT2D eigenvalue weighted by Crippen LogP contribution is -1.96. The van der Waals surface area contributed by atoms with Crippen molar-refractivity contribution in [1.82, 2.24) is 19.7 Å². The number of ether oxygens (including phenoxy) is 1. The summed E-state index contributed by atoms with van der Waals surface area (Å²) >= 11 is 0. The molecule has 0 spiro atoms. The molecule has 0 bridgehead atoms. The van der Waals surface area contributed by atoms with Gasteiger partial charge in [-0.05, 0) is 42.5 Å². The highest BCUT2D eigenvalue weighted by Gasteiger charge is 2.06. The van der Waals surface area contributed by atoms with E-state index in [-0.39, 0.29) is 0 Å². The Bertz CT molecular complexity index is 936. The Morgan fingerprint density at radius 2 is 1.67 bits per heavy atom. The molecule has 0 unspecified atom stereocenters. The van der Waals surface area contributed by atoms with Gasteiger partial charge < -0.3 is 4.74 Å². The Morgan fingerprint density at radius 1 is 0.750 bits per heavy atom. The average molecular weight is 314 g/mol. The first-order chi connectivity index (χ1) is 11.9. The van der Waals surface area contributed by atoms with Gasteiger partial charge in [-0.3, -0.25) is 9.97 Å². The standard InChI is InChI=1S/C19H14N4O/c1-2-10-21-18(6-1)19-9-13-23(22-19)15-4-3-5-17(14-15)24-16-7-11-20-12-8-16/h1-14H. The van der Waals surface area contributed by atoms with E-state index in [1.54, 1.807) is 18.6 Å². The van der Waals surface area contributed by atoms with Crippen LogP contribution < -0.4 is 4.74 Å². The van der Waals surface area contributed by atoms with E-state index in [0.717, 1.165) is 28.6 Å². The molecule has 0 fully saturated rings. The minimum Gasteiger partial charge on any atom is -0.457 e. The highest BCUT2D eigenvalue weighted by atomic mass is 16.5. The van der Waals surface area contributed by atoms with Crippen LogP contribution >= 0.6 is 0 Å². The maximum absolute atomic E-state index is 5.84. The van der Waals surface area contributed by atoms with E-state index in [2.05, 4.69) is 15.1 Å². The van der Waals surface area contributed by atoms with Gasteiger partial charge in [0.2, 0.25) is 0 Å². The molecule has 1 aromatic carbocycles. The molecular weight excluding hydrogens is 300 g/mol. The number of pyridine rings is 2. The minimum atomic E-state index is 0.744. The SMILES string of the molecule is c1ccc(-c2ccn(-c3cccc(Oc4ccncc4)c3)n2)nc1. The summed E-state index contributed by atoms with van der Waals surface area (Å²) < 4.78 is 7.65. The molecule has 4 aromatic rings. The van der Waals surface area contributed by atoms with Gasteiger partial charge in [-0.15, -0.1) is 0 Å². The van der Waals surface area contributed by atoms with Crippen molar-refractivity contribution in [1.29, 1.82) is 0 Å². The topological polar surface area (TPSA) is 52.8 Å². The highest BCUT2D eigenvalue weighted by Crippen LogP contribution is 2.23. The van der Waals surface area contributed by atoms with Gasteiger partial charge in [0.1, 0.15) is 17.2 Å². The predicted octanol–water partition coefficient (Wildman–Crippen LogP) is 4.12. The van der Waals surface area contributed by atoms with E-state index in [1.165, 1.54) is 0 Å². The van der Waals surface area contributed by atoms with Gasteiger partial charge in [0.25, 0.3) is 0 Å². The number of hydrogen-bond donors (Lipinski definition) is 0. The van der Waals surface area contributed by atoms with Crippen LogP contribution in [0.25, 0.3) is 17.1 Å². The van der Waals surface area contributed by atoms with Gasteiger partial charge >= 0.3 is 0 Å². The molecule has 0 saturated heterocycles. The zero-order chi connectivity index (χ0) is 16.2. The number of hydrogen-bond acceptors (Lipinski definition) is 4. The second-order valence-corrected chi connectivity index (χ2v) is 5.14. The lowest BCUT2D eigenvalue weighted by molar-refractivity contribution is 0.481. The van der Waals surface area contributed by atoms with Crippen LogP contribution in [0, 0.1) is 0 Å². The second kappa shape index (κ2) is 6.34. The van der Waals surface area contributed by atoms with Crippen molar-refractivity contribution in [2.75, 3.05) is 0 Å². The van der Waals surface area contributed by atoms with E-state index >= 15 is 0 Å². The number of nitrogens with zero attached hydrogens (tertiary/aromatic N) is 4. The summed E-state index contributed by atoms with van der Waals surface area (Å²) in [6, 6.07) is 19.1. The molecule has 0 atom stereocenters. The van der Waals surface area contributed by atoms with Crippen molar-refractivity contribution in [3.8, 4) is 28.6 Å². The van der Waals surface area contributed by atoms with Crippen LogP contribution in [0.5, 0.6) is 11.5 Å². The van der Waals surface area contributed by atoms with E-state index in [9.17, 15) is 0 Å². The Balaban J connectivity index is 1.61.